The van der Waals surface area contributed by atoms with Crippen LogP contribution >= 0.6 is 0 Å². The van der Waals surface area contributed by atoms with Crippen molar-refractivity contribution < 1.29 is 19.3 Å². The Bertz CT molecular complexity index is 1280. The molecule has 0 radical (unpaired) electrons. The van der Waals surface area contributed by atoms with Crippen molar-refractivity contribution in [1.29, 1.82) is 0 Å². The molecule has 0 saturated heterocycles. The first-order valence-corrected chi connectivity index (χ1v) is 8.62. The number of nitrogens with one attached hydrogen (secondary N) is 1. The molecular weight excluding hydrogens is 376 g/mol. The number of aromatic hydroxyl groups is 1. The third-order valence-electron chi connectivity index (χ3n) is 4.53. The number of H-pyrrole nitrogens is 1. The number of phenols is 1. The van der Waals surface area contributed by atoms with Gasteiger partial charge in [0.05, 0.1) is 27.5 Å². The van der Waals surface area contributed by atoms with E-state index in [-0.39, 0.29) is 22.8 Å². The van der Waals surface area contributed by atoms with Gasteiger partial charge in [-0.05, 0) is 30.3 Å². The summed E-state index contributed by atoms with van der Waals surface area (Å²) in [6, 6.07) is 8.61. The zero-order valence-electron chi connectivity index (χ0n) is 16.0. The van der Waals surface area contributed by atoms with Gasteiger partial charge < -0.3 is 24.3 Å². The van der Waals surface area contributed by atoms with Crippen molar-refractivity contribution >= 4 is 28.2 Å². The minimum Gasteiger partial charge on any atom is -0.502 e. The summed E-state index contributed by atoms with van der Waals surface area (Å²) in [4.78, 5) is 20.3. The fourth-order valence-corrected chi connectivity index (χ4v) is 3.05. The molecule has 9 nitrogen and oxygen atoms in total. The van der Waals surface area contributed by atoms with Gasteiger partial charge in [0.25, 0.3) is 5.56 Å². The zero-order valence-corrected chi connectivity index (χ0v) is 16.0. The molecule has 0 aliphatic carbocycles. The molecule has 4 rings (SSSR count). The van der Waals surface area contributed by atoms with E-state index in [1.165, 1.54) is 26.8 Å². The second-order valence-electron chi connectivity index (χ2n) is 6.17. The first-order chi connectivity index (χ1) is 14.0. The highest BCUT2D eigenvalue weighted by Gasteiger charge is 2.12. The van der Waals surface area contributed by atoms with E-state index < -0.39 is 0 Å². The van der Waals surface area contributed by atoms with Crippen LogP contribution in [0.2, 0.25) is 0 Å². The van der Waals surface area contributed by atoms with Gasteiger partial charge in [0.1, 0.15) is 23.1 Å². The van der Waals surface area contributed by atoms with Crippen LogP contribution < -0.4 is 19.8 Å². The topological polar surface area (TPSA) is 111 Å². The van der Waals surface area contributed by atoms with E-state index in [1.54, 1.807) is 25.3 Å². The van der Waals surface area contributed by atoms with E-state index in [1.807, 2.05) is 12.1 Å². The molecule has 9 heteroatoms. The number of phenolic OH excluding ortho intramolecular Hbond substituents is 1. The highest BCUT2D eigenvalue weighted by molar-refractivity contribution is 6.04. The lowest BCUT2D eigenvalue weighted by Crippen LogP contribution is -2.17. The van der Waals surface area contributed by atoms with Gasteiger partial charge in [-0.2, -0.15) is 9.78 Å². The fraction of sp³-hybridized carbons (Fsp3) is 0.150. The molecule has 2 aromatic heterocycles. The third-order valence-corrected chi connectivity index (χ3v) is 4.53. The highest BCUT2D eigenvalue weighted by atomic mass is 16.5. The molecule has 29 heavy (non-hydrogen) atoms. The molecule has 2 aromatic carbocycles. The van der Waals surface area contributed by atoms with Crippen LogP contribution in [0.3, 0.4) is 0 Å². The minimum atomic E-state index is -0.348. The van der Waals surface area contributed by atoms with Crippen LogP contribution in [0.25, 0.3) is 21.9 Å². The highest BCUT2D eigenvalue weighted by Crippen LogP contribution is 2.36. The Hall–Kier alpha value is -4.01. The van der Waals surface area contributed by atoms with E-state index in [9.17, 15) is 9.90 Å². The summed E-state index contributed by atoms with van der Waals surface area (Å²) in [5.74, 6) is 1.03. The Morgan fingerprint density at radius 2 is 1.83 bits per heavy atom. The van der Waals surface area contributed by atoms with Gasteiger partial charge in [-0.25, -0.2) is 4.98 Å². The van der Waals surface area contributed by atoms with Crippen LogP contribution in [-0.2, 0) is 0 Å². The van der Waals surface area contributed by atoms with E-state index in [0.29, 0.717) is 22.3 Å². The minimum absolute atomic E-state index is 0.110. The second-order valence-corrected chi connectivity index (χ2v) is 6.17. The van der Waals surface area contributed by atoms with Crippen molar-refractivity contribution in [2.45, 2.75) is 0 Å². The maximum absolute atomic E-state index is 12.8. The normalized spacial score (nSPS) is 11.4. The van der Waals surface area contributed by atoms with Crippen LogP contribution in [0.5, 0.6) is 23.0 Å². The molecular formula is C20H18N4O5. The van der Waals surface area contributed by atoms with Crippen LogP contribution in [0.1, 0.15) is 5.56 Å². The second kappa shape index (κ2) is 7.19. The van der Waals surface area contributed by atoms with Gasteiger partial charge in [0.2, 0.25) is 5.75 Å². The summed E-state index contributed by atoms with van der Waals surface area (Å²) in [6.45, 7) is 0. The summed E-state index contributed by atoms with van der Waals surface area (Å²) < 4.78 is 16.6. The van der Waals surface area contributed by atoms with Gasteiger partial charge in [0, 0.05) is 16.5 Å². The molecule has 0 fully saturated rings. The Kier molecular flexibility index (Phi) is 4.55. The van der Waals surface area contributed by atoms with Crippen LogP contribution in [0, 0.1) is 0 Å². The van der Waals surface area contributed by atoms with Crippen LogP contribution in [0.4, 0.5) is 0 Å². The van der Waals surface area contributed by atoms with E-state index >= 15 is 0 Å². The summed E-state index contributed by atoms with van der Waals surface area (Å²) in [7, 11) is 4.45. The van der Waals surface area contributed by atoms with Crippen LogP contribution in [0.15, 0.2) is 46.6 Å². The molecule has 0 spiro atoms. The van der Waals surface area contributed by atoms with Crippen molar-refractivity contribution in [3.05, 3.63) is 52.6 Å². The van der Waals surface area contributed by atoms with Gasteiger partial charge in [0.15, 0.2) is 11.5 Å². The van der Waals surface area contributed by atoms with Crippen molar-refractivity contribution in [1.82, 2.24) is 14.6 Å². The number of methoxy groups -OCH3 is 3. The number of ether oxygens (including phenoxy) is 3. The molecule has 2 N–H and O–H groups in total. The largest absolute Gasteiger partial charge is 0.502 e. The Balaban J connectivity index is 1.78. The van der Waals surface area contributed by atoms with Crippen molar-refractivity contribution in [3.8, 4) is 23.0 Å². The van der Waals surface area contributed by atoms with Crippen molar-refractivity contribution in [2.24, 2.45) is 5.10 Å². The van der Waals surface area contributed by atoms with E-state index in [2.05, 4.69) is 15.1 Å². The Morgan fingerprint density at radius 3 is 2.48 bits per heavy atom. The number of aromatic nitrogens is 3. The standard InChI is InChI=1S/C20H18N4O5/c1-27-12-4-5-14-13(8-12)17-18(23-14)20(26)24(10-21-17)22-9-11-6-15(28-2)19(25)16(7-11)29-3/h4-10,23,25H,1-3H3. The molecule has 0 atom stereocenters. The predicted octanol–water partition coefficient (Wildman–Crippen LogP) is 2.49. The maximum Gasteiger partial charge on any atom is 0.298 e. The third kappa shape index (κ3) is 3.12. The molecule has 0 aliphatic heterocycles. The van der Waals surface area contributed by atoms with Gasteiger partial charge in [-0.1, -0.05) is 0 Å². The lowest BCUT2D eigenvalue weighted by Gasteiger charge is -2.09. The summed E-state index contributed by atoms with van der Waals surface area (Å²) in [5.41, 5.74) is 1.89. The number of rotatable bonds is 5. The average Bonchev–Trinajstić information content (AvgIpc) is 3.12. The summed E-state index contributed by atoms with van der Waals surface area (Å²) in [5, 5.41) is 15.0. The molecule has 0 unspecified atom stereocenters. The number of hydrogen-bond donors (Lipinski definition) is 2. The smallest absolute Gasteiger partial charge is 0.298 e. The van der Waals surface area contributed by atoms with Gasteiger partial charge >= 0.3 is 0 Å². The Morgan fingerprint density at radius 1 is 1.10 bits per heavy atom. The number of aromatic amines is 1. The number of benzene rings is 2. The summed E-state index contributed by atoms with van der Waals surface area (Å²) >= 11 is 0. The number of fused-ring (bicyclic) bond motifs is 3. The van der Waals surface area contributed by atoms with Crippen molar-refractivity contribution in [2.75, 3.05) is 21.3 Å². The zero-order chi connectivity index (χ0) is 20.5. The molecule has 4 aromatic rings. The molecule has 148 valence electrons. The first kappa shape index (κ1) is 18.4. The molecule has 0 bridgehead atoms. The summed E-state index contributed by atoms with van der Waals surface area (Å²) in [6.07, 6.45) is 2.80. The lowest BCUT2D eigenvalue weighted by molar-refractivity contribution is 0.340. The average molecular weight is 394 g/mol. The molecule has 0 amide bonds. The maximum atomic E-state index is 12.8. The molecule has 0 saturated carbocycles. The van der Waals surface area contributed by atoms with Crippen molar-refractivity contribution in [3.63, 3.8) is 0 Å². The Labute approximate surface area is 164 Å². The van der Waals surface area contributed by atoms with Crippen LogP contribution in [-0.4, -0.2) is 47.3 Å². The molecule has 0 aliphatic rings. The van der Waals surface area contributed by atoms with E-state index in [4.69, 9.17) is 14.2 Å². The predicted molar refractivity (Wildman–Crippen MR) is 109 cm³/mol. The monoisotopic (exact) mass is 394 g/mol. The van der Waals surface area contributed by atoms with Gasteiger partial charge in [-0.3, -0.25) is 4.79 Å². The fourth-order valence-electron chi connectivity index (χ4n) is 3.05. The van der Waals surface area contributed by atoms with Gasteiger partial charge in [-0.15, -0.1) is 0 Å². The SMILES string of the molecule is COc1ccc2[nH]c3c(=O)n(N=Cc4cc(OC)c(O)c(OC)c4)cnc3c2c1. The molecule has 2 heterocycles. The van der Waals surface area contributed by atoms with E-state index in [0.717, 1.165) is 15.6 Å². The quantitative estimate of drug-likeness (QED) is 0.503. The number of hydrogen-bond acceptors (Lipinski definition) is 7. The number of nitrogens with zero attached hydrogens (tertiary/aromatic N) is 3. The lowest BCUT2D eigenvalue weighted by atomic mass is 10.2. The first-order valence-electron chi connectivity index (χ1n) is 8.62.